The molecular formula is C17H27NO2. The summed E-state index contributed by atoms with van der Waals surface area (Å²) >= 11 is 0. The molecule has 1 aliphatic rings. The zero-order valence-corrected chi connectivity index (χ0v) is 12.6. The van der Waals surface area contributed by atoms with Crippen LogP contribution in [0.4, 0.5) is 0 Å². The first-order valence-corrected chi connectivity index (χ1v) is 7.75. The number of rotatable bonds is 7. The molecule has 0 aliphatic heterocycles. The highest BCUT2D eigenvalue weighted by Crippen LogP contribution is 2.21. The molecule has 3 nitrogen and oxygen atoms in total. The number of benzene rings is 1. The molecule has 0 heterocycles. The minimum Gasteiger partial charge on any atom is -0.389 e. The van der Waals surface area contributed by atoms with Gasteiger partial charge in [0.2, 0.25) is 0 Å². The van der Waals surface area contributed by atoms with E-state index < -0.39 is 6.10 Å². The van der Waals surface area contributed by atoms with Crippen molar-refractivity contribution in [1.29, 1.82) is 0 Å². The molecule has 0 amide bonds. The Morgan fingerprint density at radius 1 is 1.25 bits per heavy atom. The highest BCUT2D eigenvalue weighted by molar-refractivity contribution is 5.23. The third kappa shape index (κ3) is 4.89. The number of hydrogen-bond acceptors (Lipinski definition) is 3. The lowest BCUT2D eigenvalue weighted by Crippen LogP contribution is -2.33. The summed E-state index contributed by atoms with van der Waals surface area (Å²) in [6.45, 7) is 5.22. The van der Waals surface area contributed by atoms with E-state index in [1.165, 1.54) is 24.0 Å². The van der Waals surface area contributed by atoms with Crippen LogP contribution in [0, 0.1) is 6.92 Å². The largest absolute Gasteiger partial charge is 0.389 e. The molecule has 112 valence electrons. The molecule has 0 aromatic heterocycles. The second kappa shape index (κ2) is 7.77. The third-order valence-electron chi connectivity index (χ3n) is 4.06. The number of nitrogens with one attached hydrogen (secondary N) is 1. The maximum absolute atomic E-state index is 9.96. The van der Waals surface area contributed by atoms with Gasteiger partial charge >= 0.3 is 0 Å². The van der Waals surface area contributed by atoms with Crippen LogP contribution in [0.5, 0.6) is 0 Å². The molecule has 0 spiro atoms. The lowest BCUT2D eigenvalue weighted by atomic mass is 10.1. The van der Waals surface area contributed by atoms with E-state index in [0.717, 1.165) is 12.8 Å². The molecule has 1 fully saturated rings. The van der Waals surface area contributed by atoms with Crippen LogP contribution < -0.4 is 5.32 Å². The Morgan fingerprint density at radius 3 is 2.55 bits per heavy atom. The number of hydrogen-bond donors (Lipinski definition) is 2. The molecule has 20 heavy (non-hydrogen) atoms. The first-order chi connectivity index (χ1) is 9.65. The van der Waals surface area contributed by atoms with Gasteiger partial charge in [-0.1, -0.05) is 42.7 Å². The zero-order chi connectivity index (χ0) is 14.4. The zero-order valence-electron chi connectivity index (χ0n) is 12.6. The molecule has 2 rings (SSSR count). The first kappa shape index (κ1) is 15.5. The van der Waals surface area contributed by atoms with E-state index >= 15 is 0 Å². The van der Waals surface area contributed by atoms with Gasteiger partial charge in [-0.2, -0.15) is 0 Å². The predicted octanol–water partition coefficient (Wildman–Crippen LogP) is 2.97. The molecule has 2 atom stereocenters. The summed E-state index contributed by atoms with van der Waals surface area (Å²) < 4.78 is 5.73. The van der Waals surface area contributed by atoms with Crippen LogP contribution in [-0.2, 0) is 4.74 Å². The van der Waals surface area contributed by atoms with E-state index in [4.69, 9.17) is 4.74 Å². The minimum absolute atomic E-state index is 0.247. The van der Waals surface area contributed by atoms with Crippen molar-refractivity contribution in [3.05, 3.63) is 35.4 Å². The van der Waals surface area contributed by atoms with E-state index in [2.05, 4.69) is 43.4 Å². The molecule has 1 saturated carbocycles. The van der Waals surface area contributed by atoms with Gasteiger partial charge in [0.25, 0.3) is 0 Å². The SMILES string of the molecule is Cc1ccc([C@@H](C)NCC(O)COC2CCCC2)cc1. The number of aliphatic hydroxyl groups is 1. The Balaban J connectivity index is 1.66. The van der Waals surface area contributed by atoms with Gasteiger partial charge < -0.3 is 15.2 Å². The van der Waals surface area contributed by atoms with Gasteiger partial charge in [-0.25, -0.2) is 0 Å². The van der Waals surface area contributed by atoms with E-state index in [9.17, 15) is 5.11 Å². The predicted molar refractivity (Wildman–Crippen MR) is 81.8 cm³/mol. The molecule has 1 aromatic rings. The standard InChI is InChI=1S/C17H27NO2/c1-13-7-9-15(10-8-13)14(2)18-11-16(19)12-20-17-5-3-4-6-17/h7-10,14,16-19H,3-6,11-12H2,1-2H3/t14-,16?/m1/s1. The summed E-state index contributed by atoms with van der Waals surface area (Å²) in [7, 11) is 0. The van der Waals surface area contributed by atoms with Gasteiger partial charge in [0.1, 0.15) is 0 Å². The van der Waals surface area contributed by atoms with E-state index in [1.807, 2.05) is 0 Å². The van der Waals surface area contributed by atoms with Crippen molar-refractivity contribution >= 4 is 0 Å². The molecule has 3 heteroatoms. The highest BCUT2D eigenvalue weighted by Gasteiger charge is 2.17. The van der Waals surface area contributed by atoms with Gasteiger partial charge in [0.15, 0.2) is 0 Å². The monoisotopic (exact) mass is 277 g/mol. The summed E-state index contributed by atoms with van der Waals surface area (Å²) in [6.07, 6.45) is 4.79. The number of ether oxygens (including phenoxy) is 1. The van der Waals surface area contributed by atoms with Gasteiger partial charge in [0.05, 0.1) is 18.8 Å². The third-order valence-corrected chi connectivity index (χ3v) is 4.06. The molecule has 1 unspecified atom stereocenters. The van der Waals surface area contributed by atoms with E-state index in [0.29, 0.717) is 19.3 Å². The fourth-order valence-corrected chi connectivity index (χ4v) is 2.65. The van der Waals surface area contributed by atoms with Crippen LogP contribution in [0.25, 0.3) is 0 Å². The first-order valence-electron chi connectivity index (χ1n) is 7.75. The van der Waals surface area contributed by atoms with Gasteiger partial charge in [0, 0.05) is 12.6 Å². The van der Waals surface area contributed by atoms with Gasteiger partial charge in [-0.3, -0.25) is 0 Å². The van der Waals surface area contributed by atoms with Crippen molar-refractivity contribution in [1.82, 2.24) is 5.32 Å². The van der Waals surface area contributed by atoms with E-state index in [-0.39, 0.29) is 6.04 Å². The van der Waals surface area contributed by atoms with Crippen molar-refractivity contribution in [2.24, 2.45) is 0 Å². The quantitative estimate of drug-likeness (QED) is 0.805. The van der Waals surface area contributed by atoms with Crippen LogP contribution in [-0.4, -0.2) is 30.5 Å². The Labute approximate surface area is 122 Å². The maximum Gasteiger partial charge on any atom is 0.0898 e. The number of aryl methyl sites for hydroxylation is 1. The Kier molecular flexibility index (Phi) is 6.02. The lowest BCUT2D eigenvalue weighted by Gasteiger charge is -2.19. The smallest absolute Gasteiger partial charge is 0.0898 e. The highest BCUT2D eigenvalue weighted by atomic mass is 16.5. The normalized spacial score (nSPS) is 19.1. The van der Waals surface area contributed by atoms with Crippen molar-refractivity contribution in [3.63, 3.8) is 0 Å². The van der Waals surface area contributed by atoms with Gasteiger partial charge in [-0.05, 0) is 32.3 Å². The second-order valence-corrected chi connectivity index (χ2v) is 5.93. The average Bonchev–Trinajstić information content (AvgIpc) is 2.96. The average molecular weight is 277 g/mol. The fourth-order valence-electron chi connectivity index (χ4n) is 2.65. The fraction of sp³-hybridized carbons (Fsp3) is 0.647. The molecule has 1 aliphatic carbocycles. The number of aliphatic hydroxyl groups excluding tert-OH is 1. The van der Waals surface area contributed by atoms with Crippen LogP contribution >= 0.6 is 0 Å². The summed E-state index contributed by atoms with van der Waals surface area (Å²) in [4.78, 5) is 0. The molecule has 2 N–H and O–H groups in total. The summed E-state index contributed by atoms with van der Waals surface area (Å²) in [5.74, 6) is 0. The van der Waals surface area contributed by atoms with Crippen molar-refractivity contribution in [2.75, 3.05) is 13.2 Å². The second-order valence-electron chi connectivity index (χ2n) is 5.93. The van der Waals surface area contributed by atoms with Crippen molar-refractivity contribution in [2.45, 2.75) is 57.8 Å². The van der Waals surface area contributed by atoms with Gasteiger partial charge in [-0.15, -0.1) is 0 Å². The summed E-state index contributed by atoms with van der Waals surface area (Å²) in [5.41, 5.74) is 2.52. The topological polar surface area (TPSA) is 41.5 Å². The molecule has 0 bridgehead atoms. The Bertz CT molecular complexity index is 384. The van der Waals surface area contributed by atoms with Crippen LogP contribution in [0.2, 0.25) is 0 Å². The molecule has 0 saturated heterocycles. The maximum atomic E-state index is 9.96. The molecular weight excluding hydrogens is 250 g/mol. The minimum atomic E-state index is -0.427. The van der Waals surface area contributed by atoms with Crippen LogP contribution in [0.15, 0.2) is 24.3 Å². The van der Waals surface area contributed by atoms with Crippen molar-refractivity contribution in [3.8, 4) is 0 Å². The van der Waals surface area contributed by atoms with Crippen LogP contribution in [0.1, 0.15) is 49.8 Å². The Morgan fingerprint density at radius 2 is 1.90 bits per heavy atom. The molecule has 1 aromatic carbocycles. The molecule has 0 radical (unpaired) electrons. The Hall–Kier alpha value is -0.900. The summed E-state index contributed by atoms with van der Waals surface area (Å²) in [6, 6.07) is 8.75. The lowest BCUT2D eigenvalue weighted by molar-refractivity contribution is -0.00610. The van der Waals surface area contributed by atoms with Crippen LogP contribution in [0.3, 0.4) is 0 Å². The van der Waals surface area contributed by atoms with Crippen molar-refractivity contribution < 1.29 is 9.84 Å². The van der Waals surface area contributed by atoms with E-state index in [1.54, 1.807) is 0 Å². The summed E-state index contributed by atoms with van der Waals surface area (Å²) in [5, 5.41) is 13.3.